The van der Waals surface area contributed by atoms with E-state index in [4.69, 9.17) is 16.3 Å². The Kier molecular flexibility index (Phi) is 2.56. The number of hydrogen-bond donors (Lipinski definition) is 0. The van der Waals surface area contributed by atoms with E-state index < -0.39 is 6.10 Å². The number of carbonyl (C=O) groups is 1. The second-order valence-corrected chi connectivity index (χ2v) is 4.04. The van der Waals surface area contributed by atoms with E-state index in [0.29, 0.717) is 22.6 Å². The van der Waals surface area contributed by atoms with Crippen LogP contribution in [-0.4, -0.2) is 12.7 Å². The Labute approximate surface area is 93.9 Å². The van der Waals surface area contributed by atoms with Gasteiger partial charge in [-0.25, -0.2) is 4.99 Å². The van der Waals surface area contributed by atoms with Gasteiger partial charge in [-0.3, -0.25) is 4.79 Å². The van der Waals surface area contributed by atoms with E-state index in [1.165, 1.54) is 6.40 Å². The predicted octanol–water partition coefficient (Wildman–Crippen LogP) is 3.03. The minimum Gasteiger partial charge on any atom is -0.468 e. The van der Waals surface area contributed by atoms with Gasteiger partial charge in [0.2, 0.25) is 0 Å². The highest BCUT2D eigenvalue weighted by Gasteiger charge is 2.21. The quantitative estimate of drug-likeness (QED) is 0.738. The molecule has 5 heteroatoms. The Hall–Kier alpha value is -0.870. The first-order valence-corrected chi connectivity index (χ1v) is 5.01. The molecule has 0 aromatic heterocycles. The van der Waals surface area contributed by atoms with Crippen LogP contribution in [0.25, 0.3) is 0 Å². The summed E-state index contributed by atoms with van der Waals surface area (Å²) in [7, 11) is 0. The molecule has 0 fully saturated rings. The maximum Gasteiger partial charge on any atom is 0.182 e. The van der Waals surface area contributed by atoms with Crippen molar-refractivity contribution in [2.45, 2.75) is 6.10 Å². The average Bonchev–Trinajstić information content (AvgIpc) is 2.17. The highest BCUT2D eigenvalue weighted by atomic mass is 79.9. The average molecular weight is 275 g/mol. The number of benzene rings is 1. The minimum atomic E-state index is -0.613. The largest absolute Gasteiger partial charge is 0.468 e. The highest BCUT2D eigenvalue weighted by molar-refractivity contribution is 9.10. The molecule has 0 bridgehead atoms. The number of halogens is 2. The van der Waals surface area contributed by atoms with Crippen LogP contribution >= 0.6 is 27.5 Å². The first-order chi connectivity index (χ1) is 6.72. The lowest BCUT2D eigenvalue weighted by molar-refractivity contribution is -0.114. The van der Waals surface area contributed by atoms with E-state index in [-0.39, 0.29) is 0 Å². The topological polar surface area (TPSA) is 38.7 Å². The Balaban J connectivity index is 2.63. The van der Waals surface area contributed by atoms with Crippen LogP contribution in [0.3, 0.4) is 0 Å². The van der Waals surface area contributed by atoms with Gasteiger partial charge in [-0.05, 0) is 28.1 Å². The Bertz CT molecular complexity index is 420. The summed E-state index contributed by atoms with van der Waals surface area (Å²) in [6, 6.07) is 3.40. The molecule has 0 spiro atoms. The molecule has 72 valence electrons. The summed E-state index contributed by atoms with van der Waals surface area (Å²) in [6.45, 7) is 0. The standard InChI is InChI=1S/C9H5BrClNO2/c10-7-2-5(11)1-6-8(3-13)14-4-12-9(6)7/h1-4,8H. The fourth-order valence-electron chi connectivity index (χ4n) is 1.27. The maximum atomic E-state index is 10.7. The summed E-state index contributed by atoms with van der Waals surface area (Å²) in [4.78, 5) is 14.7. The molecule has 0 radical (unpaired) electrons. The van der Waals surface area contributed by atoms with Gasteiger partial charge in [0, 0.05) is 15.1 Å². The summed E-state index contributed by atoms with van der Waals surface area (Å²) >= 11 is 9.17. The van der Waals surface area contributed by atoms with E-state index in [9.17, 15) is 4.79 Å². The number of aliphatic imine (C=N–C) groups is 1. The zero-order valence-electron chi connectivity index (χ0n) is 6.91. The number of fused-ring (bicyclic) bond motifs is 1. The lowest BCUT2D eigenvalue weighted by Gasteiger charge is -2.18. The van der Waals surface area contributed by atoms with Crippen LogP contribution in [-0.2, 0) is 9.53 Å². The Morgan fingerprint density at radius 1 is 1.57 bits per heavy atom. The summed E-state index contributed by atoms with van der Waals surface area (Å²) < 4.78 is 5.78. The van der Waals surface area contributed by atoms with Gasteiger partial charge < -0.3 is 4.74 Å². The highest BCUT2D eigenvalue weighted by Crippen LogP contribution is 2.38. The van der Waals surface area contributed by atoms with Gasteiger partial charge in [-0.15, -0.1) is 0 Å². The molecule has 3 nitrogen and oxygen atoms in total. The molecule has 1 atom stereocenters. The van der Waals surface area contributed by atoms with E-state index in [1.807, 2.05) is 0 Å². The van der Waals surface area contributed by atoms with Crippen LogP contribution < -0.4 is 0 Å². The fourth-order valence-corrected chi connectivity index (χ4v) is 2.20. The monoisotopic (exact) mass is 273 g/mol. The predicted molar refractivity (Wildman–Crippen MR) is 57.2 cm³/mol. The number of carbonyl (C=O) groups excluding carboxylic acids is 1. The summed E-state index contributed by atoms with van der Waals surface area (Å²) in [6.07, 6.45) is 1.37. The first kappa shape index (κ1) is 9.68. The Morgan fingerprint density at radius 2 is 2.36 bits per heavy atom. The second-order valence-electron chi connectivity index (χ2n) is 2.75. The van der Waals surface area contributed by atoms with E-state index in [0.717, 1.165) is 4.47 Å². The third kappa shape index (κ3) is 1.55. The smallest absolute Gasteiger partial charge is 0.182 e. The lowest BCUT2D eigenvalue weighted by atomic mass is 10.1. The van der Waals surface area contributed by atoms with Crippen molar-refractivity contribution in [3.63, 3.8) is 0 Å². The zero-order chi connectivity index (χ0) is 10.1. The molecule has 1 unspecified atom stereocenters. The van der Waals surface area contributed by atoms with E-state index in [2.05, 4.69) is 20.9 Å². The molecule has 0 N–H and O–H groups in total. The number of ether oxygens (including phenoxy) is 1. The van der Waals surface area contributed by atoms with Gasteiger partial charge in [0.05, 0.1) is 5.69 Å². The van der Waals surface area contributed by atoms with Crippen LogP contribution in [0.15, 0.2) is 21.6 Å². The van der Waals surface area contributed by atoms with Gasteiger partial charge in [0.25, 0.3) is 0 Å². The first-order valence-electron chi connectivity index (χ1n) is 3.84. The summed E-state index contributed by atoms with van der Waals surface area (Å²) in [5.41, 5.74) is 1.37. The molecule has 1 heterocycles. The molecule has 1 aliphatic heterocycles. The summed E-state index contributed by atoms with van der Waals surface area (Å²) in [5.74, 6) is 0. The molecule has 1 aromatic rings. The van der Waals surface area contributed by atoms with Crippen molar-refractivity contribution < 1.29 is 9.53 Å². The van der Waals surface area contributed by atoms with Gasteiger partial charge in [-0.2, -0.15) is 0 Å². The molecule has 0 aliphatic carbocycles. The van der Waals surface area contributed by atoms with Crippen molar-refractivity contribution in [1.82, 2.24) is 0 Å². The molecule has 0 saturated carbocycles. The molecule has 1 aromatic carbocycles. The number of rotatable bonds is 1. The van der Waals surface area contributed by atoms with Gasteiger partial charge in [0.15, 0.2) is 18.8 Å². The molecule has 1 aliphatic rings. The fraction of sp³-hybridized carbons (Fsp3) is 0.111. The molecule has 14 heavy (non-hydrogen) atoms. The molecule has 2 rings (SSSR count). The van der Waals surface area contributed by atoms with Crippen LogP contribution in [0, 0.1) is 0 Å². The van der Waals surface area contributed by atoms with Crippen molar-refractivity contribution in [1.29, 1.82) is 0 Å². The molecular formula is C9H5BrClNO2. The minimum absolute atomic E-state index is 0.545. The normalized spacial score (nSPS) is 18.6. The SMILES string of the molecule is O=CC1OC=Nc2c(Br)cc(Cl)cc21. The number of nitrogens with zero attached hydrogens (tertiary/aromatic N) is 1. The van der Waals surface area contributed by atoms with Crippen LogP contribution in [0.4, 0.5) is 5.69 Å². The summed E-state index contributed by atoms with van der Waals surface area (Å²) in [5, 5.41) is 0.545. The maximum absolute atomic E-state index is 10.7. The van der Waals surface area contributed by atoms with Gasteiger partial charge >= 0.3 is 0 Å². The van der Waals surface area contributed by atoms with Crippen molar-refractivity contribution in [2.24, 2.45) is 4.99 Å². The zero-order valence-corrected chi connectivity index (χ0v) is 9.25. The van der Waals surface area contributed by atoms with Crippen LogP contribution in [0.5, 0.6) is 0 Å². The molecule has 0 saturated heterocycles. The van der Waals surface area contributed by atoms with Crippen molar-refractivity contribution in [2.75, 3.05) is 0 Å². The van der Waals surface area contributed by atoms with Crippen molar-refractivity contribution >= 4 is 45.9 Å². The third-order valence-electron chi connectivity index (χ3n) is 1.88. The van der Waals surface area contributed by atoms with Crippen LogP contribution in [0.2, 0.25) is 5.02 Å². The third-order valence-corrected chi connectivity index (χ3v) is 2.70. The van der Waals surface area contributed by atoms with Crippen LogP contribution in [0.1, 0.15) is 11.7 Å². The lowest BCUT2D eigenvalue weighted by Crippen LogP contribution is -2.08. The van der Waals surface area contributed by atoms with Gasteiger partial charge in [-0.1, -0.05) is 11.6 Å². The number of hydrogen-bond acceptors (Lipinski definition) is 3. The van der Waals surface area contributed by atoms with Gasteiger partial charge in [0.1, 0.15) is 0 Å². The molecule has 0 amide bonds. The van der Waals surface area contributed by atoms with E-state index >= 15 is 0 Å². The molecular weight excluding hydrogens is 269 g/mol. The van der Waals surface area contributed by atoms with E-state index in [1.54, 1.807) is 12.1 Å². The second kappa shape index (κ2) is 3.71. The number of aldehydes is 1. The Morgan fingerprint density at radius 3 is 3.07 bits per heavy atom. The van der Waals surface area contributed by atoms with Crippen molar-refractivity contribution in [3.05, 3.63) is 27.2 Å². The van der Waals surface area contributed by atoms with Crippen molar-refractivity contribution in [3.8, 4) is 0 Å².